The summed E-state index contributed by atoms with van der Waals surface area (Å²) in [4.78, 5) is 24.1. The zero-order valence-corrected chi connectivity index (χ0v) is 10.3. The van der Waals surface area contributed by atoms with Crippen molar-refractivity contribution in [2.24, 2.45) is 0 Å². The van der Waals surface area contributed by atoms with Crippen molar-refractivity contribution >= 4 is 11.9 Å². The second-order valence-corrected chi connectivity index (χ2v) is 4.43. The van der Waals surface area contributed by atoms with Crippen molar-refractivity contribution < 1.29 is 19.4 Å². The summed E-state index contributed by atoms with van der Waals surface area (Å²) in [6.07, 6.45) is 0. The maximum atomic E-state index is 11.5. The number of amides is 1. The summed E-state index contributed by atoms with van der Waals surface area (Å²) in [5.74, 6) is -0.450. The summed E-state index contributed by atoms with van der Waals surface area (Å²) < 4.78 is 5.57. The lowest BCUT2D eigenvalue weighted by atomic mass is 10.1. The third-order valence-electron chi connectivity index (χ3n) is 3.07. The first-order valence-electron chi connectivity index (χ1n) is 5.75. The number of aromatic carboxylic acids is 1. The molecule has 2 rings (SSSR count). The SMILES string of the molecule is CC(=O)N1Cc2ccc(C(=O)O)cc2OC[C@@H]1C. The molecule has 0 saturated carbocycles. The summed E-state index contributed by atoms with van der Waals surface area (Å²) in [6, 6.07) is 4.71. The minimum Gasteiger partial charge on any atom is -0.491 e. The van der Waals surface area contributed by atoms with Crippen molar-refractivity contribution in [2.45, 2.75) is 26.4 Å². The van der Waals surface area contributed by atoms with Crippen LogP contribution in [-0.4, -0.2) is 34.5 Å². The van der Waals surface area contributed by atoms with Gasteiger partial charge in [-0.05, 0) is 19.1 Å². The van der Waals surface area contributed by atoms with Crippen molar-refractivity contribution in [3.05, 3.63) is 29.3 Å². The minimum atomic E-state index is -0.984. The normalized spacial score (nSPS) is 18.6. The minimum absolute atomic E-state index is 0.0127. The highest BCUT2D eigenvalue weighted by Gasteiger charge is 2.23. The molecule has 0 aromatic heterocycles. The lowest BCUT2D eigenvalue weighted by molar-refractivity contribution is -0.131. The molecule has 5 nitrogen and oxygen atoms in total. The van der Waals surface area contributed by atoms with E-state index in [0.29, 0.717) is 18.9 Å². The van der Waals surface area contributed by atoms with E-state index in [-0.39, 0.29) is 17.5 Å². The molecule has 1 aromatic rings. The Morgan fingerprint density at radius 2 is 2.17 bits per heavy atom. The summed E-state index contributed by atoms with van der Waals surface area (Å²) in [5, 5.41) is 8.93. The molecule has 96 valence electrons. The van der Waals surface area contributed by atoms with Crippen LogP contribution in [0.2, 0.25) is 0 Å². The molecular weight excluding hydrogens is 234 g/mol. The number of nitrogens with zero attached hydrogens (tertiary/aromatic N) is 1. The Morgan fingerprint density at radius 3 is 2.78 bits per heavy atom. The lowest BCUT2D eigenvalue weighted by Gasteiger charge is -2.24. The molecule has 0 spiro atoms. The molecule has 0 bridgehead atoms. The number of fused-ring (bicyclic) bond motifs is 1. The Morgan fingerprint density at radius 1 is 1.44 bits per heavy atom. The number of carbonyl (C=O) groups excluding carboxylic acids is 1. The Labute approximate surface area is 105 Å². The Kier molecular flexibility index (Phi) is 3.23. The van der Waals surface area contributed by atoms with Crippen LogP contribution in [-0.2, 0) is 11.3 Å². The number of carboxylic acids is 1. The van der Waals surface area contributed by atoms with E-state index in [1.165, 1.54) is 19.1 Å². The smallest absolute Gasteiger partial charge is 0.335 e. The molecule has 1 aliphatic heterocycles. The van der Waals surface area contributed by atoms with Gasteiger partial charge >= 0.3 is 5.97 Å². The predicted molar refractivity (Wildman–Crippen MR) is 64.6 cm³/mol. The van der Waals surface area contributed by atoms with Gasteiger partial charge in [0.2, 0.25) is 5.91 Å². The first-order valence-corrected chi connectivity index (χ1v) is 5.75. The van der Waals surface area contributed by atoms with Crippen LogP contribution >= 0.6 is 0 Å². The lowest BCUT2D eigenvalue weighted by Crippen LogP contribution is -2.38. The van der Waals surface area contributed by atoms with E-state index in [9.17, 15) is 9.59 Å². The average Bonchev–Trinajstić information content (AvgIpc) is 2.48. The maximum absolute atomic E-state index is 11.5. The highest BCUT2D eigenvalue weighted by Crippen LogP contribution is 2.26. The number of benzene rings is 1. The summed E-state index contributed by atoms with van der Waals surface area (Å²) >= 11 is 0. The summed E-state index contributed by atoms with van der Waals surface area (Å²) in [5.41, 5.74) is 1.03. The van der Waals surface area contributed by atoms with Crippen molar-refractivity contribution in [3.8, 4) is 5.75 Å². The Hall–Kier alpha value is -2.04. The van der Waals surface area contributed by atoms with Gasteiger partial charge < -0.3 is 14.7 Å². The number of carboxylic acid groups (broad SMARTS) is 1. The van der Waals surface area contributed by atoms with Crippen LogP contribution in [0.5, 0.6) is 5.75 Å². The molecule has 1 amide bonds. The van der Waals surface area contributed by atoms with Crippen molar-refractivity contribution in [3.63, 3.8) is 0 Å². The van der Waals surface area contributed by atoms with Gasteiger partial charge in [0.15, 0.2) is 0 Å². The molecule has 1 aromatic carbocycles. The van der Waals surface area contributed by atoms with Gasteiger partial charge in [0, 0.05) is 19.0 Å². The number of carbonyl (C=O) groups is 2. The van der Waals surface area contributed by atoms with Gasteiger partial charge in [-0.1, -0.05) is 6.07 Å². The number of ether oxygens (including phenoxy) is 1. The maximum Gasteiger partial charge on any atom is 0.335 e. The highest BCUT2D eigenvalue weighted by atomic mass is 16.5. The molecule has 0 saturated heterocycles. The van der Waals surface area contributed by atoms with E-state index in [4.69, 9.17) is 9.84 Å². The van der Waals surface area contributed by atoms with E-state index >= 15 is 0 Å². The highest BCUT2D eigenvalue weighted by molar-refractivity contribution is 5.88. The van der Waals surface area contributed by atoms with Crippen LogP contribution in [0.25, 0.3) is 0 Å². The van der Waals surface area contributed by atoms with Gasteiger partial charge in [0.25, 0.3) is 0 Å². The monoisotopic (exact) mass is 249 g/mol. The summed E-state index contributed by atoms with van der Waals surface area (Å²) in [7, 11) is 0. The largest absolute Gasteiger partial charge is 0.491 e. The molecular formula is C13H15NO4. The molecule has 1 N–H and O–H groups in total. The van der Waals surface area contributed by atoms with Crippen molar-refractivity contribution in [1.82, 2.24) is 4.90 Å². The number of hydrogen-bond donors (Lipinski definition) is 1. The molecule has 1 aliphatic rings. The second kappa shape index (κ2) is 4.68. The zero-order chi connectivity index (χ0) is 13.3. The van der Waals surface area contributed by atoms with Crippen LogP contribution in [0, 0.1) is 0 Å². The Balaban J connectivity index is 2.36. The summed E-state index contributed by atoms with van der Waals surface area (Å²) in [6.45, 7) is 4.25. The van der Waals surface area contributed by atoms with Gasteiger partial charge in [0.1, 0.15) is 12.4 Å². The molecule has 0 unspecified atom stereocenters. The molecule has 0 radical (unpaired) electrons. The fraction of sp³-hybridized carbons (Fsp3) is 0.385. The van der Waals surface area contributed by atoms with Crippen molar-refractivity contribution in [1.29, 1.82) is 0 Å². The number of hydrogen-bond acceptors (Lipinski definition) is 3. The Bertz CT molecular complexity index is 498. The fourth-order valence-electron chi connectivity index (χ4n) is 2.01. The van der Waals surface area contributed by atoms with Crippen LogP contribution in [0.15, 0.2) is 18.2 Å². The van der Waals surface area contributed by atoms with Gasteiger partial charge in [-0.25, -0.2) is 4.79 Å². The van der Waals surface area contributed by atoms with Crippen LogP contribution in [0.3, 0.4) is 0 Å². The van der Waals surface area contributed by atoms with E-state index in [0.717, 1.165) is 5.56 Å². The first kappa shape index (κ1) is 12.4. The van der Waals surface area contributed by atoms with E-state index in [2.05, 4.69) is 0 Å². The van der Waals surface area contributed by atoms with Crippen LogP contribution in [0.1, 0.15) is 29.8 Å². The zero-order valence-electron chi connectivity index (χ0n) is 10.3. The molecule has 0 fully saturated rings. The van der Waals surface area contributed by atoms with Gasteiger partial charge in [0.05, 0.1) is 11.6 Å². The standard InChI is InChI=1S/C13H15NO4/c1-8-7-18-12-5-10(13(16)17)3-4-11(12)6-14(8)9(2)15/h3-5,8H,6-7H2,1-2H3,(H,16,17)/t8-/m0/s1. The molecule has 18 heavy (non-hydrogen) atoms. The molecule has 1 heterocycles. The predicted octanol–water partition coefficient (Wildman–Crippen LogP) is 1.51. The topological polar surface area (TPSA) is 66.8 Å². The van der Waals surface area contributed by atoms with Gasteiger partial charge in [-0.3, -0.25) is 4.79 Å². The van der Waals surface area contributed by atoms with Crippen molar-refractivity contribution in [2.75, 3.05) is 6.61 Å². The van der Waals surface area contributed by atoms with Crippen LogP contribution < -0.4 is 4.74 Å². The third-order valence-corrected chi connectivity index (χ3v) is 3.07. The van der Waals surface area contributed by atoms with Gasteiger partial charge in [-0.15, -0.1) is 0 Å². The van der Waals surface area contributed by atoms with E-state index < -0.39 is 5.97 Å². The third kappa shape index (κ3) is 2.30. The van der Waals surface area contributed by atoms with E-state index in [1.54, 1.807) is 11.0 Å². The second-order valence-electron chi connectivity index (χ2n) is 4.43. The number of rotatable bonds is 1. The fourth-order valence-corrected chi connectivity index (χ4v) is 2.01. The quantitative estimate of drug-likeness (QED) is 0.819. The van der Waals surface area contributed by atoms with Crippen LogP contribution in [0.4, 0.5) is 0 Å². The average molecular weight is 249 g/mol. The molecule has 0 aliphatic carbocycles. The van der Waals surface area contributed by atoms with Gasteiger partial charge in [-0.2, -0.15) is 0 Å². The van der Waals surface area contributed by atoms with E-state index in [1.807, 2.05) is 6.92 Å². The molecule has 1 atom stereocenters. The molecule has 5 heteroatoms. The first-order chi connectivity index (χ1) is 8.49.